The van der Waals surface area contributed by atoms with Crippen LogP contribution in [0.4, 0.5) is 13.2 Å². The van der Waals surface area contributed by atoms with Gasteiger partial charge in [-0.3, -0.25) is 0 Å². The third-order valence-corrected chi connectivity index (χ3v) is 2.86. The van der Waals surface area contributed by atoms with Gasteiger partial charge in [0.1, 0.15) is 5.15 Å². The van der Waals surface area contributed by atoms with E-state index in [9.17, 15) is 13.2 Å². The zero-order valence-corrected chi connectivity index (χ0v) is 11.0. The van der Waals surface area contributed by atoms with Gasteiger partial charge >= 0.3 is 6.18 Å². The van der Waals surface area contributed by atoms with Crippen molar-refractivity contribution < 1.29 is 17.9 Å². The van der Waals surface area contributed by atoms with Gasteiger partial charge in [-0.2, -0.15) is 13.2 Å². The van der Waals surface area contributed by atoms with Crippen LogP contribution in [0.1, 0.15) is 0 Å². The minimum absolute atomic E-state index is 0.130. The largest absolute Gasteiger partial charge is 0.468 e. The number of alkyl halides is 3. The Morgan fingerprint density at radius 2 is 1.94 bits per heavy atom. The molecule has 0 aliphatic rings. The monoisotopic (exact) mass is 340 g/mol. The Morgan fingerprint density at radius 1 is 1.22 bits per heavy atom. The number of hydrogen-bond donors (Lipinski definition) is 0. The van der Waals surface area contributed by atoms with Crippen molar-refractivity contribution >= 4 is 38.3 Å². The van der Waals surface area contributed by atoms with Crippen LogP contribution in [0.25, 0.3) is 10.8 Å². The minimum Gasteiger partial charge on any atom is -0.468 e. The molecule has 0 atom stereocenters. The van der Waals surface area contributed by atoms with E-state index >= 15 is 0 Å². The number of pyridine rings is 2. The van der Waals surface area contributed by atoms with Gasteiger partial charge in [0.2, 0.25) is 5.88 Å². The predicted molar refractivity (Wildman–Crippen MR) is 63.8 cm³/mol. The van der Waals surface area contributed by atoms with Gasteiger partial charge in [0.25, 0.3) is 0 Å². The highest BCUT2D eigenvalue weighted by atomic mass is 79.9. The fourth-order valence-corrected chi connectivity index (χ4v) is 1.91. The van der Waals surface area contributed by atoms with Gasteiger partial charge in [0.15, 0.2) is 6.61 Å². The highest BCUT2D eigenvalue weighted by Crippen LogP contribution is 2.31. The first-order valence-corrected chi connectivity index (χ1v) is 5.83. The number of fused-ring (bicyclic) bond motifs is 1. The van der Waals surface area contributed by atoms with Crippen LogP contribution in [0, 0.1) is 0 Å². The molecule has 96 valence electrons. The lowest BCUT2D eigenvalue weighted by Gasteiger charge is -2.10. The maximum atomic E-state index is 12.1. The molecule has 3 nitrogen and oxygen atoms in total. The van der Waals surface area contributed by atoms with Gasteiger partial charge in [-0.25, -0.2) is 9.97 Å². The molecule has 0 bridgehead atoms. The quantitative estimate of drug-likeness (QED) is 0.775. The van der Waals surface area contributed by atoms with E-state index in [1.54, 1.807) is 0 Å². The van der Waals surface area contributed by atoms with Crippen LogP contribution < -0.4 is 4.74 Å². The van der Waals surface area contributed by atoms with Gasteiger partial charge < -0.3 is 4.74 Å². The van der Waals surface area contributed by atoms with E-state index in [4.69, 9.17) is 11.6 Å². The van der Waals surface area contributed by atoms with Crippen molar-refractivity contribution in [3.8, 4) is 5.88 Å². The van der Waals surface area contributed by atoms with Gasteiger partial charge in [-0.05, 0) is 22.0 Å². The predicted octanol–water partition coefficient (Wildman–Crippen LogP) is 3.99. The van der Waals surface area contributed by atoms with E-state index in [1.807, 2.05) is 0 Å². The highest BCUT2D eigenvalue weighted by Gasteiger charge is 2.29. The molecular formula is C10H5BrClF3N2O. The number of rotatable bonds is 2. The third-order valence-electron chi connectivity index (χ3n) is 2.03. The summed E-state index contributed by atoms with van der Waals surface area (Å²) in [6.07, 6.45) is -1.74. The Morgan fingerprint density at radius 3 is 2.61 bits per heavy atom. The maximum Gasteiger partial charge on any atom is 0.422 e. The Hall–Kier alpha value is -1.08. The van der Waals surface area contributed by atoms with Gasteiger partial charge in [-0.1, -0.05) is 11.6 Å². The van der Waals surface area contributed by atoms with E-state index in [0.29, 0.717) is 15.2 Å². The Balaban J connectivity index is 2.43. The lowest BCUT2D eigenvalue weighted by Crippen LogP contribution is -2.19. The van der Waals surface area contributed by atoms with Crippen molar-refractivity contribution in [2.24, 2.45) is 0 Å². The summed E-state index contributed by atoms with van der Waals surface area (Å²) in [5.41, 5.74) is 0. The molecule has 2 rings (SSSR count). The van der Waals surface area contributed by atoms with Crippen LogP contribution in [0.3, 0.4) is 0 Å². The lowest BCUT2D eigenvalue weighted by molar-refractivity contribution is -0.153. The average Bonchev–Trinajstić information content (AvgIpc) is 2.27. The first-order chi connectivity index (χ1) is 8.37. The van der Waals surface area contributed by atoms with E-state index in [1.165, 1.54) is 18.5 Å². The van der Waals surface area contributed by atoms with Gasteiger partial charge in [0, 0.05) is 22.3 Å². The standard InChI is InChI=1S/C10H5BrClF3N2O/c11-7-3-17-9(18-4-10(13,14)15)6-2-16-8(12)1-5(6)7/h1-3H,4H2. The first kappa shape index (κ1) is 13.4. The number of nitrogens with zero attached hydrogens (tertiary/aromatic N) is 2. The van der Waals surface area contributed by atoms with Gasteiger partial charge in [0.05, 0.1) is 5.39 Å². The summed E-state index contributed by atoms with van der Waals surface area (Å²) in [6.45, 7) is -1.40. The molecule has 2 aromatic rings. The molecule has 0 aliphatic heterocycles. The zero-order chi connectivity index (χ0) is 13.3. The van der Waals surface area contributed by atoms with Gasteiger partial charge in [-0.15, -0.1) is 0 Å². The summed E-state index contributed by atoms with van der Waals surface area (Å²) >= 11 is 8.95. The molecule has 2 heterocycles. The van der Waals surface area contributed by atoms with E-state index < -0.39 is 12.8 Å². The lowest BCUT2D eigenvalue weighted by atomic mass is 10.2. The molecule has 0 radical (unpaired) electrons. The van der Waals surface area contributed by atoms with E-state index in [2.05, 4.69) is 30.6 Å². The average molecular weight is 342 g/mol. The Bertz CT molecular complexity index is 591. The summed E-state index contributed by atoms with van der Waals surface area (Å²) < 4.78 is 41.5. The highest BCUT2D eigenvalue weighted by molar-refractivity contribution is 9.10. The van der Waals surface area contributed by atoms with Crippen molar-refractivity contribution in [3.05, 3.63) is 28.1 Å². The SMILES string of the molecule is FC(F)(F)COc1ncc(Br)c2cc(Cl)ncc12. The van der Waals surface area contributed by atoms with Crippen molar-refractivity contribution in [1.29, 1.82) is 0 Å². The van der Waals surface area contributed by atoms with Crippen LogP contribution in [0.2, 0.25) is 5.15 Å². The topological polar surface area (TPSA) is 35.0 Å². The number of halogens is 5. The van der Waals surface area contributed by atoms with E-state index in [-0.39, 0.29) is 11.0 Å². The van der Waals surface area contributed by atoms with E-state index in [0.717, 1.165) is 0 Å². The number of aromatic nitrogens is 2. The molecule has 0 saturated heterocycles. The molecular weight excluding hydrogens is 336 g/mol. The third kappa shape index (κ3) is 3.02. The van der Waals surface area contributed by atoms with Crippen LogP contribution in [-0.4, -0.2) is 22.8 Å². The molecule has 0 unspecified atom stereocenters. The second-order valence-corrected chi connectivity index (χ2v) is 4.61. The van der Waals surface area contributed by atoms with Crippen molar-refractivity contribution in [2.75, 3.05) is 6.61 Å². The van der Waals surface area contributed by atoms with Crippen molar-refractivity contribution in [3.63, 3.8) is 0 Å². The molecule has 0 aromatic carbocycles. The van der Waals surface area contributed by atoms with Crippen molar-refractivity contribution in [1.82, 2.24) is 9.97 Å². The Labute approximate surface area is 113 Å². The van der Waals surface area contributed by atoms with Crippen molar-refractivity contribution in [2.45, 2.75) is 6.18 Å². The van der Waals surface area contributed by atoms with Crippen LogP contribution in [0.5, 0.6) is 5.88 Å². The molecule has 18 heavy (non-hydrogen) atoms. The molecule has 2 aromatic heterocycles. The molecule has 0 spiro atoms. The summed E-state index contributed by atoms with van der Waals surface area (Å²) in [6, 6.07) is 1.52. The molecule has 0 aliphatic carbocycles. The molecule has 0 N–H and O–H groups in total. The van der Waals surface area contributed by atoms with Crippen LogP contribution >= 0.6 is 27.5 Å². The number of hydrogen-bond acceptors (Lipinski definition) is 3. The molecule has 0 saturated carbocycles. The summed E-state index contributed by atoms with van der Waals surface area (Å²) in [7, 11) is 0. The second-order valence-electron chi connectivity index (χ2n) is 3.37. The minimum atomic E-state index is -4.42. The first-order valence-electron chi connectivity index (χ1n) is 4.66. The Kier molecular flexibility index (Phi) is 3.63. The molecule has 0 amide bonds. The fraction of sp³-hybridized carbons (Fsp3) is 0.200. The summed E-state index contributed by atoms with van der Waals surface area (Å²) in [5.74, 6) is -0.130. The van der Waals surface area contributed by atoms with Crippen LogP contribution in [-0.2, 0) is 0 Å². The fourth-order valence-electron chi connectivity index (χ4n) is 1.32. The second kappa shape index (κ2) is 4.89. The summed E-state index contributed by atoms with van der Waals surface area (Å²) in [5, 5.41) is 1.18. The maximum absolute atomic E-state index is 12.1. The number of ether oxygens (including phenoxy) is 1. The normalized spacial score (nSPS) is 11.8. The smallest absolute Gasteiger partial charge is 0.422 e. The summed E-state index contributed by atoms with van der Waals surface area (Å²) in [4.78, 5) is 7.58. The van der Waals surface area contributed by atoms with Crippen LogP contribution in [0.15, 0.2) is 22.9 Å². The zero-order valence-electron chi connectivity index (χ0n) is 8.63. The molecule has 8 heteroatoms. The molecule has 0 fully saturated rings.